The first-order chi connectivity index (χ1) is 14.6. The zero-order valence-electron chi connectivity index (χ0n) is 18.0. The highest BCUT2D eigenvalue weighted by molar-refractivity contribution is 5.76. The van der Waals surface area contributed by atoms with Gasteiger partial charge in [-0.05, 0) is 68.1 Å². The van der Waals surface area contributed by atoms with Crippen LogP contribution in [0.4, 0.5) is 5.69 Å². The Bertz CT molecular complexity index is 845. The molecule has 30 heavy (non-hydrogen) atoms. The first-order valence-electron chi connectivity index (χ1n) is 10.4. The van der Waals surface area contributed by atoms with E-state index < -0.39 is 0 Å². The average Bonchev–Trinajstić information content (AvgIpc) is 2.82. The predicted octanol–water partition coefficient (Wildman–Crippen LogP) is 3.44. The molecule has 0 atom stereocenters. The quantitative estimate of drug-likeness (QED) is 0.645. The molecule has 2 aromatic rings. The summed E-state index contributed by atoms with van der Waals surface area (Å²) in [5.41, 5.74) is 3.93. The molecule has 1 aliphatic rings. The molecular weight excluding hydrogens is 378 g/mol. The first-order valence-corrected chi connectivity index (χ1v) is 10.4. The van der Waals surface area contributed by atoms with Crippen molar-refractivity contribution in [1.82, 2.24) is 10.2 Å². The van der Waals surface area contributed by atoms with Crippen molar-refractivity contribution >= 4 is 18.5 Å². The van der Waals surface area contributed by atoms with E-state index in [-0.39, 0.29) is 6.04 Å². The number of anilines is 1. The minimum Gasteiger partial charge on any atom is -0.496 e. The standard InChI is InChI=1S/C24H31N3O3/c1-25-21-7-11-23(12-8-21)27(17-29)15-20-14-19(6-13-24(20)30-3)18-4-9-22(10-5-18)26(2)16-28/h4-6,9-10,13-14,16-17,21,23,25H,7-8,11-12,15H2,1-3H3. The molecule has 6 nitrogen and oxygen atoms in total. The van der Waals surface area contributed by atoms with E-state index in [0.29, 0.717) is 12.6 Å². The lowest BCUT2D eigenvalue weighted by molar-refractivity contribution is -0.121. The molecule has 1 N–H and O–H groups in total. The predicted molar refractivity (Wildman–Crippen MR) is 120 cm³/mol. The van der Waals surface area contributed by atoms with Gasteiger partial charge in [0.05, 0.1) is 7.11 Å². The molecule has 0 heterocycles. The van der Waals surface area contributed by atoms with Crippen LogP contribution in [0.15, 0.2) is 42.5 Å². The zero-order valence-corrected chi connectivity index (χ0v) is 18.0. The number of amides is 2. The molecule has 0 radical (unpaired) electrons. The maximum Gasteiger partial charge on any atom is 0.213 e. The van der Waals surface area contributed by atoms with Gasteiger partial charge in [0.25, 0.3) is 0 Å². The summed E-state index contributed by atoms with van der Waals surface area (Å²) in [6.07, 6.45) is 5.96. The van der Waals surface area contributed by atoms with Gasteiger partial charge in [0, 0.05) is 36.9 Å². The molecule has 0 unspecified atom stereocenters. The van der Waals surface area contributed by atoms with Gasteiger partial charge in [0.15, 0.2) is 0 Å². The van der Waals surface area contributed by atoms with Crippen molar-refractivity contribution in [2.24, 2.45) is 0 Å². The van der Waals surface area contributed by atoms with E-state index in [0.717, 1.165) is 66.6 Å². The number of rotatable bonds is 9. The van der Waals surface area contributed by atoms with Gasteiger partial charge >= 0.3 is 0 Å². The lowest BCUT2D eigenvalue weighted by atomic mass is 9.90. The van der Waals surface area contributed by atoms with E-state index in [9.17, 15) is 9.59 Å². The lowest BCUT2D eigenvalue weighted by Gasteiger charge is -2.35. The van der Waals surface area contributed by atoms with E-state index in [1.165, 1.54) is 4.90 Å². The second-order valence-electron chi connectivity index (χ2n) is 7.86. The summed E-state index contributed by atoms with van der Waals surface area (Å²) in [4.78, 5) is 26.3. The topological polar surface area (TPSA) is 61.9 Å². The monoisotopic (exact) mass is 409 g/mol. The Labute approximate surface area is 178 Å². The Hall–Kier alpha value is -2.86. The molecule has 2 aromatic carbocycles. The molecule has 0 aliphatic heterocycles. The van der Waals surface area contributed by atoms with Crippen LogP contribution in [-0.2, 0) is 16.1 Å². The van der Waals surface area contributed by atoms with Crippen molar-refractivity contribution < 1.29 is 14.3 Å². The lowest BCUT2D eigenvalue weighted by Crippen LogP contribution is -2.40. The largest absolute Gasteiger partial charge is 0.496 e. The summed E-state index contributed by atoms with van der Waals surface area (Å²) in [5, 5.41) is 3.34. The van der Waals surface area contributed by atoms with Gasteiger partial charge in [0.2, 0.25) is 12.8 Å². The number of nitrogens with zero attached hydrogens (tertiary/aromatic N) is 2. The van der Waals surface area contributed by atoms with Crippen molar-refractivity contribution in [3.05, 3.63) is 48.0 Å². The third-order valence-electron chi connectivity index (χ3n) is 6.11. The van der Waals surface area contributed by atoms with Crippen LogP contribution in [0, 0.1) is 0 Å². The SMILES string of the molecule is CNC1CCC(N(C=O)Cc2cc(-c3ccc(N(C)C=O)cc3)ccc2OC)CC1. The van der Waals surface area contributed by atoms with Crippen LogP contribution in [0.5, 0.6) is 5.75 Å². The minimum absolute atomic E-state index is 0.263. The minimum atomic E-state index is 0.263. The van der Waals surface area contributed by atoms with Crippen LogP contribution in [0.3, 0.4) is 0 Å². The van der Waals surface area contributed by atoms with Crippen LogP contribution in [-0.4, -0.2) is 51.0 Å². The molecule has 1 saturated carbocycles. The number of benzene rings is 2. The highest BCUT2D eigenvalue weighted by atomic mass is 16.5. The van der Waals surface area contributed by atoms with E-state index in [1.54, 1.807) is 14.2 Å². The van der Waals surface area contributed by atoms with Gasteiger partial charge in [-0.2, -0.15) is 0 Å². The fourth-order valence-electron chi connectivity index (χ4n) is 4.18. The Morgan fingerprint density at radius 2 is 1.67 bits per heavy atom. The van der Waals surface area contributed by atoms with E-state index in [1.807, 2.05) is 48.3 Å². The van der Waals surface area contributed by atoms with Gasteiger partial charge in [-0.25, -0.2) is 0 Å². The van der Waals surface area contributed by atoms with E-state index in [2.05, 4.69) is 11.4 Å². The second-order valence-corrected chi connectivity index (χ2v) is 7.86. The molecule has 1 aliphatic carbocycles. The molecule has 160 valence electrons. The molecular formula is C24H31N3O3. The molecule has 0 bridgehead atoms. The highest BCUT2D eigenvalue weighted by Crippen LogP contribution is 2.30. The summed E-state index contributed by atoms with van der Waals surface area (Å²) in [6.45, 7) is 0.529. The van der Waals surface area contributed by atoms with Gasteiger partial charge < -0.3 is 19.9 Å². The molecule has 3 rings (SSSR count). The summed E-state index contributed by atoms with van der Waals surface area (Å²) >= 11 is 0. The van der Waals surface area contributed by atoms with E-state index in [4.69, 9.17) is 4.74 Å². The van der Waals surface area contributed by atoms with Gasteiger partial charge in [-0.1, -0.05) is 18.2 Å². The van der Waals surface area contributed by atoms with E-state index >= 15 is 0 Å². The third-order valence-corrected chi connectivity index (χ3v) is 6.11. The summed E-state index contributed by atoms with van der Waals surface area (Å²) in [5.74, 6) is 0.784. The number of ether oxygens (including phenoxy) is 1. The van der Waals surface area contributed by atoms with Crippen molar-refractivity contribution in [2.45, 2.75) is 44.3 Å². The zero-order chi connectivity index (χ0) is 21.5. The van der Waals surface area contributed by atoms with Gasteiger partial charge in [-0.15, -0.1) is 0 Å². The van der Waals surface area contributed by atoms with Crippen LogP contribution >= 0.6 is 0 Å². The van der Waals surface area contributed by atoms with Gasteiger partial charge in [-0.3, -0.25) is 9.59 Å². The Morgan fingerprint density at radius 3 is 2.23 bits per heavy atom. The van der Waals surface area contributed by atoms with Crippen molar-refractivity contribution in [1.29, 1.82) is 0 Å². The highest BCUT2D eigenvalue weighted by Gasteiger charge is 2.25. The number of nitrogens with one attached hydrogen (secondary N) is 1. The Balaban J connectivity index is 1.80. The Kier molecular flexibility index (Phi) is 7.46. The van der Waals surface area contributed by atoms with Crippen LogP contribution < -0.4 is 15.0 Å². The second kappa shape index (κ2) is 10.3. The number of hydrogen-bond donors (Lipinski definition) is 1. The van der Waals surface area contributed by atoms with Crippen LogP contribution in [0.25, 0.3) is 11.1 Å². The molecule has 6 heteroatoms. The van der Waals surface area contributed by atoms with Crippen LogP contribution in [0.2, 0.25) is 0 Å². The molecule has 1 fully saturated rings. The van der Waals surface area contributed by atoms with Crippen molar-refractivity contribution in [3.8, 4) is 16.9 Å². The number of methoxy groups -OCH3 is 1. The summed E-state index contributed by atoms with van der Waals surface area (Å²) in [7, 11) is 5.39. The number of carbonyl (C=O) groups excluding carboxylic acids is 2. The maximum absolute atomic E-state index is 11.9. The fourth-order valence-corrected chi connectivity index (χ4v) is 4.18. The fraction of sp³-hybridized carbons (Fsp3) is 0.417. The average molecular weight is 410 g/mol. The van der Waals surface area contributed by atoms with Crippen molar-refractivity contribution in [3.63, 3.8) is 0 Å². The Morgan fingerprint density at radius 1 is 1.00 bits per heavy atom. The van der Waals surface area contributed by atoms with Crippen LogP contribution in [0.1, 0.15) is 31.2 Å². The first kappa shape index (κ1) is 21.8. The molecule has 0 spiro atoms. The molecule has 2 amide bonds. The smallest absolute Gasteiger partial charge is 0.213 e. The van der Waals surface area contributed by atoms with Crippen molar-refractivity contribution in [2.75, 3.05) is 26.1 Å². The normalized spacial score (nSPS) is 18.5. The maximum atomic E-state index is 11.9. The molecule has 0 aromatic heterocycles. The summed E-state index contributed by atoms with van der Waals surface area (Å²) < 4.78 is 5.57. The molecule has 0 saturated heterocycles. The third kappa shape index (κ3) is 5.00. The number of hydrogen-bond acceptors (Lipinski definition) is 4. The summed E-state index contributed by atoms with van der Waals surface area (Å²) in [6, 6.07) is 14.7. The number of carbonyl (C=O) groups is 2. The van der Waals surface area contributed by atoms with Gasteiger partial charge in [0.1, 0.15) is 5.75 Å².